The molecule has 0 bridgehead atoms. The van der Waals surface area contributed by atoms with E-state index in [-0.39, 0.29) is 23.0 Å². The van der Waals surface area contributed by atoms with Crippen LogP contribution in [-0.4, -0.2) is 29.1 Å². The van der Waals surface area contributed by atoms with E-state index in [1.807, 2.05) is 0 Å². The zero-order valence-corrected chi connectivity index (χ0v) is 11.0. The molecule has 6 heteroatoms. The maximum Gasteiger partial charge on any atom is 0.332 e. The van der Waals surface area contributed by atoms with Crippen LogP contribution in [0.4, 0.5) is 5.82 Å². The van der Waals surface area contributed by atoms with Gasteiger partial charge in [0.05, 0.1) is 12.2 Å². The molecule has 0 aliphatic carbocycles. The molecule has 1 atom stereocenters. The topological polar surface area (TPSA) is 65.6 Å². The molecule has 1 aromatic rings. The molecule has 1 unspecified atom stereocenters. The van der Waals surface area contributed by atoms with Crippen molar-refractivity contribution in [1.29, 1.82) is 0 Å². The number of hydrogen-bond acceptors (Lipinski definition) is 4. The molecular formula is C13H17N3O3. The molecule has 1 fully saturated rings. The standard InChI is InChI=1S/C13H17N3O3/c1-4-10-11(14-2)15(3)13(18)16(12(10)17)7-9-5-6-19-8-9/h4,9H,1-2,5-8H2,3H3. The van der Waals surface area contributed by atoms with Crippen molar-refractivity contribution < 1.29 is 4.74 Å². The average Bonchev–Trinajstić information content (AvgIpc) is 2.91. The normalized spacial score (nSPS) is 18.5. The van der Waals surface area contributed by atoms with Gasteiger partial charge in [-0.1, -0.05) is 12.7 Å². The minimum atomic E-state index is -0.384. The highest BCUT2D eigenvalue weighted by Gasteiger charge is 2.20. The van der Waals surface area contributed by atoms with Gasteiger partial charge in [0.25, 0.3) is 5.56 Å². The first-order chi connectivity index (χ1) is 9.10. The van der Waals surface area contributed by atoms with Crippen LogP contribution < -0.4 is 11.2 Å². The van der Waals surface area contributed by atoms with Crippen molar-refractivity contribution in [1.82, 2.24) is 9.13 Å². The summed E-state index contributed by atoms with van der Waals surface area (Å²) >= 11 is 0. The number of ether oxygens (including phenoxy) is 1. The number of nitrogens with zero attached hydrogens (tertiary/aromatic N) is 3. The summed E-state index contributed by atoms with van der Waals surface area (Å²) in [7, 11) is 1.57. The van der Waals surface area contributed by atoms with Gasteiger partial charge in [-0.15, -0.1) is 0 Å². The Balaban J connectivity index is 2.57. The van der Waals surface area contributed by atoms with Gasteiger partial charge in [0.15, 0.2) is 0 Å². The van der Waals surface area contributed by atoms with Crippen LogP contribution in [0.2, 0.25) is 0 Å². The molecule has 2 heterocycles. The van der Waals surface area contributed by atoms with E-state index in [0.29, 0.717) is 25.3 Å². The van der Waals surface area contributed by atoms with Gasteiger partial charge in [0, 0.05) is 26.1 Å². The van der Waals surface area contributed by atoms with Gasteiger partial charge in [-0.3, -0.25) is 13.9 Å². The Morgan fingerprint density at radius 2 is 2.26 bits per heavy atom. The second-order valence-electron chi connectivity index (χ2n) is 4.59. The van der Waals surface area contributed by atoms with E-state index in [9.17, 15) is 9.59 Å². The molecule has 1 saturated heterocycles. The lowest BCUT2D eigenvalue weighted by Crippen LogP contribution is -2.41. The van der Waals surface area contributed by atoms with E-state index >= 15 is 0 Å². The van der Waals surface area contributed by atoms with Crippen molar-refractivity contribution in [2.45, 2.75) is 13.0 Å². The summed E-state index contributed by atoms with van der Waals surface area (Å²) < 4.78 is 7.82. The van der Waals surface area contributed by atoms with Crippen LogP contribution in [-0.2, 0) is 18.3 Å². The largest absolute Gasteiger partial charge is 0.381 e. The molecule has 0 spiro atoms. The predicted molar refractivity (Wildman–Crippen MR) is 74.2 cm³/mol. The van der Waals surface area contributed by atoms with Crippen LogP contribution in [0.1, 0.15) is 12.0 Å². The van der Waals surface area contributed by atoms with Crippen LogP contribution in [0, 0.1) is 5.92 Å². The minimum absolute atomic E-state index is 0.200. The number of hydrogen-bond donors (Lipinski definition) is 0. The van der Waals surface area contributed by atoms with Crippen molar-refractivity contribution in [3.63, 3.8) is 0 Å². The summed E-state index contributed by atoms with van der Waals surface area (Å²) in [5, 5.41) is 0. The van der Waals surface area contributed by atoms with Crippen LogP contribution in [0.3, 0.4) is 0 Å². The third-order valence-corrected chi connectivity index (χ3v) is 3.37. The molecule has 19 heavy (non-hydrogen) atoms. The van der Waals surface area contributed by atoms with Crippen LogP contribution in [0.15, 0.2) is 21.2 Å². The number of aromatic nitrogens is 2. The Bertz CT molecular complexity index is 621. The predicted octanol–water partition coefficient (Wildman–Crippen LogP) is 0.559. The molecule has 1 aliphatic heterocycles. The maximum absolute atomic E-state index is 12.3. The van der Waals surface area contributed by atoms with E-state index < -0.39 is 0 Å². The molecule has 1 aromatic heterocycles. The molecule has 1 aliphatic rings. The monoisotopic (exact) mass is 263 g/mol. The van der Waals surface area contributed by atoms with Crippen molar-refractivity contribution in [2.24, 2.45) is 18.0 Å². The molecule has 0 aromatic carbocycles. The van der Waals surface area contributed by atoms with E-state index in [2.05, 4.69) is 18.3 Å². The summed E-state index contributed by atoms with van der Waals surface area (Å²) in [5.41, 5.74) is -0.451. The van der Waals surface area contributed by atoms with Crippen molar-refractivity contribution in [3.05, 3.63) is 33.0 Å². The van der Waals surface area contributed by atoms with Crippen molar-refractivity contribution in [2.75, 3.05) is 13.2 Å². The third kappa shape index (κ3) is 2.31. The van der Waals surface area contributed by atoms with Crippen molar-refractivity contribution in [3.8, 4) is 0 Å². The first-order valence-corrected chi connectivity index (χ1v) is 6.10. The van der Waals surface area contributed by atoms with E-state index in [1.165, 1.54) is 15.2 Å². The zero-order valence-electron chi connectivity index (χ0n) is 11.0. The lowest BCUT2D eigenvalue weighted by atomic mass is 10.1. The molecule has 0 saturated carbocycles. The minimum Gasteiger partial charge on any atom is -0.381 e. The summed E-state index contributed by atoms with van der Waals surface area (Å²) in [6.07, 6.45) is 2.27. The zero-order chi connectivity index (χ0) is 14.0. The highest BCUT2D eigenvalue weighted by molar-refractivity contribution is 5.60. The van der Waals surface area contributed by atoms with Gasteiger partial charge in [0.2, 0.25) is 0 Å². The van der Waals surface area contributed by atoms with Gasteiger partial charge >= 0.3 is 5.69 Å². The van der Waals surface area contributed by atoms with Crippen molar-refractivity contribution >= 4 is 18.6 Å². The average molecular weight is 263 g/mol. The molecule has 0 amide bonds. The lowest BCUT2D eigenvalue weighted by molar-refractivity contribution is 0.181. The van der Waals surface area contributed by atoms with Gasteiger partial charge in [0.1, 0.15) is 5.82 Å². The maximum atomic E-state index is 12.3. The Kier molecular flexibility index (Phi) is 3.80. The second-order valence-corrected chi connectivity index (χ2v) is 4.59. The molecular weight excluding hydrogens is 246 g/mol. The van der Waals surface area contributed by atoms with Gasteiger partial charge in [-0.05, 0) is 13.1 Å². The fourth-order valence-corrected chi connectivity index (χ4v) is 2.30. The fourth-order valence-electron chi connectivity index (χ4n) is 2.30. The second kappa shape index (κ2) is 5.36. The number of rotatable bonds is 4. The molecule has 0 radical (unpaired) electrons. The van der Waals surface area contributed by atoms with E-state index in [0.717, 1.165) is 6.42 Å². The first-order valence-electron chi connectivity index (χ1n) is 6.10. The molecule has 102 valence electrons. The van der Waals surface area contributed by atoms with Crippen LogP contribution in [0.5, 0.6) is 0 Å². The van der Waals surface area contributed by atoms with Gasteiger partial charge in [-0.25, -0.2) is 9.79 Å². The highest BCUT2D eigenvalue weighted by Crippen LogP contribution is 2.15. The SMILES string of the molecule is C=Cc1c(N=C)n(C)c(=O)n(CC2CCOC2)c1=O. The van der Waals surface area contributed by atoms with Crippen LogP contribution in [0.25, 0.3) is 6.08 Å². The van der Waals surface area contributed by atoms with Gasteiger partial charge < -0.3 is 4.74 Å². The molecule has 2 rings (SSSR count). The van der Waals surface area contributed by atoms with Gasteiger partial charge in [-0.2, -0.15) is 0 Å². The molecule has 6 nitrogen and oxygen atoms in total. The van der Waals surface area contributed by atoms with Crippen LogP contribution >= 0.6 is 0 Å². The quantitative estimate of drug-likeness (QED) is 0.745. The third-order valence-electron chi connectivity index (χ3n) is 3.37. The summed E-state index contributed by atoms with van der Waals surface area (Å²) in [5.74, 6) is 0.453. The number of aliphatic imine (C=N–C) groups is 1. The van der Waals surface area contributed by atoms with E-state index in [1.54, 1.807) is 7.05 Å². The Labute approximate surface area is 110 Å². The smallest absolute Gasteiger partial charge is 0.332 e. The summed E-state index contributed by atoms with van der Waals surface area (Å²) in [6.45, 7) is 8.62. The summed E-state index contributed by atoms with van der Waals surface area (Å²) in [6, 6.07) is 0. The fraction of sp³-hybridized carbons (Fsp3) is 0.462. The highest BCUT2D eigenvalue weighted by atomic mass is 16.5. The lowest BCUT2D eigenvalue weighted by Gasteiger charge is -2.14. The summed E-state index contributed by atoms with van der Waals surface area (Å²) in [4.78, 5) is 28.2. The van der Waals surface area contributed by atoms with E-state index in [4.69, 9.17) is 4.74 Å². The Hall–Kier alpha value is -1.95. The Morgan fingerprint density at radius 1 is 1.53 bits per heavy atom. The Morgan fingerprint density at radius 3 is 2.79 bits per heavy atom. The molecule has 0 N–H and O–H groups in total. The first kappa shape index (κ1) is 13.5.